The number of hydrogen-bond donors (Lipinski definition) is 2. The standard InChI is InChI=1S/C27H32N2O.C20H17NO/c1-4-20(2)11-10-18-28(3)19-21-12-9-17-26(27(21)30)29-24-15-7-5-13-22(24)23-14-6-8-16-25(23)29;1-2-14-8-7-13-19(20(14)22)21-17-11-5-3-9-15(17)16-10-4-6-12-18(16)21/h5-9,12-17,20,30H,4,10-11,18-19H2,1-3H3;3-13,22H,2H2,1H3. The fourth-order valence-corrected chi connectivity index (χ4v) is 7.58. The third-order valence-electron chi connectivity index (χ3n) is 10.6. The highest BCUT2D eigenvalue weighted by Crippen LogP contribution is 2.38. The van der Waals surface area contributed by atoms with E-state index in [1.807, 2.05) is 42.5 Å². The summed E-state index contributed by atoms with van der Waals surface area (Å²) in [5, 5.41) is 26.7. The zero-order valence-electron chi connectivity index (χ0n) is 30.8. The molecule has 0 aliphatic carbocycles. The molecule has 52 heavy (non-hydrogen) atoms. The highest BCUT2D eigenvalue weighted by molar-refractivity contribution is 6.10. The van der Waals surface area contributed by atoms with Crippen molar-refractivity contribution in [3.05, 3.63) is 145 Å². The Bertz CT molecular complexity index is 2370. The van der Waals surface area contributed by atoms with Gasteiger partial charge in [-0.2, -0.15) is 0 Å². The lowest BCUT2D eigenvalue weighted by molar-refractivity contribution is 0.302. The van der Waals surface area contributed by atoms with Crippen molar-refractivity contribution in [2.24, 2.45) is 5.92 Å². The van der Waals surface area contributed by atoms with E-state index < -0.39 is 0 Å². The van der Waals surface area contributed by atoms with Gasteiger partial charge < -0.3 is 24.2 Å². The Balaban J connectivity index is 0.000000169. The zero-order chi connectivity index (χ0) is 36.2. The quantitative estimate of drug-likeness (QED) is 0.150. The molecule has 0 radical (unpaired) electrons. The average molecular weight is 688 g/mol. The van der Waals surface area contributed by atoms with Crippen molar-refractivity contribution in [3.63, 3.8) is 0 Å². The van der Waals surface area contributed by atoms with Crippen LogP contribution in [0.4, 0.5) is 0 Å². The zero-order valence-corrected chi connectivity index (χ0v) is 30.8. The Morgan fingerprint density at radius 3 is 1.37 bits per heavy atom. The SMILES string of the molecule is CCC(C)CCCN(C)Cc1cccc(-n2c3ccccc3c3ccccc32)c1O.CCc1cccc(-n2c3ccccc3c3ccccc32)c1O. The van der Waals surface area contributed by atoms with E-state index in [2.05, 4.69) is 133 Å². The Morgan fingerprint density at radius 1 is 0.538 bits per heavy atom. The van der Waals surface area contributed by atoms with Crippen LogP contribution in [0, 0.1) is 5.92 Å². The molecule has 1 unspecified atom stereocenters. The molecule has 2 aromatic heterocycles. The van der Waals surface area contributed by atoms with Crippen molar-refractivity contribution in [3.8, 4) is 22.9 Å². The van der Waals surface area contributed by atoms with Gasteiger partial charge in [0.05, 0.1) is 33.4 Å². The summed E-state index contributed by atoms with van der Waals surface area (Å²) in [7, 11) is 2.14. The number of hydrogen-bond acceptors (Lipinski definition) is 3. The first-order valence-corrected chi connectivity index (χ1v) is 18.7. The van der Waals surface area contributed by atoms with Crippen molar-refractivity contribution < 1.29 is 10.2 Å². The molecule has 5 nitrogen and oxygen atoms in total. The van der Waals surface area contributed by atoms with Crippen LogP contribution in [0.3, 0.4) is 0 Å². The van der Waals surface area contributed by atoms with Crippen LogP contribution in [0.15, 0.2) is 133 Å². The van der Waals surface area contributed by atoms with E-state index in [1.165, 1.54) is 40.8 Å². The number of phenols is 2. The van der Waals surface area contributed by atoms with Crippen molar-refractivity contribution in [1.29, 1.82) is 0 Å². The third kappa shape index (κ3) is 6.65. The van der Waals surface area contributed by atoms with Crippen LogP contribution < -0.4 is 0 Å². The van der Waals surface area contributed by atoms with Crippen LogP contribution in [0.5, 0.6) is 11.5 Å². The number of phenolic OH excluding ortho intramolecular Hbond substituents is 2. The van der Waals surface area contributed by atoms with E-state index in [9.17, 15) is 10.2 Å². The van der Waals surface area contributed by atoms with E-state index in [0.717, 1.165) is 70.0 Å². The minimum atomic E-state index is 0.372. The summed E-state index contributed by atoms with van der Waals surface area (Å²) in [6, 6.07) is 45.6. The lowest BCUT2D eigenvalue weighted by Crippen LogP contribution is -2.19. The second kappa shape index (κ2) is 15.4. The second-order valence-electron chi connectivity index (χ2n) is 14.1. The normalized spacial score (nSPS) is 12.2. The Kier molecular flexibility index (Phi) is 10.3. The minimum absolute atomic E-state index is 0.372. The van der Waals surface area contributed by atoms with Crippen LogP contribution in [0.25, 0.3) is 55.0 Å². The maximum Gasteiger partial charge on any atom is 0.144 e. The van der Waals surface area contributed by atoms with E-state index >= 15 is 0 Å². The lowest BCUT2D eigenvalue weighted by Gasteiger charge is -2.20. The molecule has 2 N–H and O–H groups in total. The van der Waals surface area contributed by atoms with Gasteiger partial charge in [-0.3, -0.25) is 0 Å². The van der Waals surface area contributed by atoms with Crippen LogP contribution >= 0.6 is 0 Å². The second-order valence-corrected chi connectivity index (χ2v) is 14.1. The molecule has 264 valence electrons. The maximum atomic E-state index is 11.2. The fraction of sp³-hybridized carbons (Fsp3) is 0.234. The fourth-order valence-electron chi connectivity index (χ4n) is 7.58. The summed E-state index contributed by atoms with van der Waals surface area (Å²) in [6.45, 7) is 8.43. The van der Waals surface area contributed by atoms with Crippen molar-refractivity contribution in [2.45, 2.75) is 53.0 Å². The van der Waals surface area contributed by atoms with E-state index in [1.54, 1.807) is 0 Å². The van der Waals surface area contributed by atoms with Gasteiger partial charge in [-0.15, -0.1) is 0 Å². The van der Waals surface area contributed by atoms with Crippen molar-refractivity contribution >= 4 is 43.6 Å². The van der Waals surface area contributed by atoms with E-state index in [4.69, 9.17) is 0 Å². The van der Waals surface area contributed by atoms with Gasteiger partial charge >= 0.3 is 0 Å². The summed E-state index contributed by atoms with van der Waals surface area (Å²) in [5.74, 6) is 1.53. The summed E-state index contributed by atoms with van der Waals surface area (Å²) in [5.41, 5.74) is 8.11. The molecule has 0 aliphatic rings. The summed E-state index contributed by atoms with van der Waals surface area (Å²) in [6.07, 6.45) is 4.51. The van der Waals surface area contributed by atoms with Crippen molar-refractivity contribution in [2.75, 3.05) is 13.6 Å². The molecule has 6 aromatic carbocycles. The Morgan fingerprint density at radius 2 is 0.942 bits per heavy atom. The summed E-state index contributed by atoms with van der Waals surface area (Å²) in [4.78, 5) is 2.31. The van der Waals surface area contributed by atoms with Gasteiger partial charge in [-0.1, -0.05) is 124 Å². The van der Waals surface area contributed by atoms with Gasteiger partial charge in [0.25, 0.3) is 0 Å². The molecule has 8 rings (SSSR count). The number of aromatic nitrogens is 2. The largest absolute Gasteiger partial charge is 0.505 e. The van der Waals surface area contributed by atoms with Gasteiger partial charge in [-0.05, 0) is 80.7 Å². The van der Waals surface area contributed by atoms with Crippen LogP contribution in [-0.2, 0) is 13.0 Å². The number of para-hydroxylation sites is 6. The summed E-state index contributed by atoms with van der Waals surface area (Å²) < 4.78 is 4.34. The molecule has 0 bridgehead atoms. The van der Waals surface area contributed by atoms with Crippen LogP contribution in [-0.4, -0.2) is 37.8 Å². The lowest BCUT2D eigenvalue weighted by atomic mass is 10.0. The molecular formula is C47H49N3O2. The smallest absolute Gasteiger partial charge is 0.144 e. The molecule has 0 amide bonds. The molecule has 0 spiro atoms. The molecule has 0 saturated heterocycles. The number of benzene rings is 6. The molecular weight excluding hydrogens is 639 g/mol. The maximum absolute atomic E-state index is 11.2. The van der Waals surface area contributed by atoms with Gasteiger partial charge in [0, 0.05) is 33.7 Å². The Labute approximate surface area is 307 Å². The molecule has 5 heteroatoms. The highest BCUT2D eigenvalue weighted by atomic mass is 16.3. The number of rotatable bonds is 10. The minimum Gasteiger partial charge on any atom is -0.505 e. The molecule has 8 aromatic rings. The summed E-state index contributed by atoms with van der Waals surface area (Å²) >= 11 is 0. The molecule has 2 heterocycles. The van der Waals surface area contributed by atoms with Crippen LogP contribution in [0.2, 0.25) is 0 Å². The van der Waals surface area contributed by atoms with Gasteiger partial charge in [0.1, 0.15) is 11.5 Å². The number of nitrogens with zero attached hydrogens (tertiary/aromatic N) is 3. The monoisotopic (exact) mass is 687 g/mol. The molecule has 1 atom stereocenters. The van der Waals surface area contributed by atoms with E-state index in [0.29, 0.717) is 11.5 Å². The first-order chi connectivity index (χ1) is 25.4. The van der Waals surface area contributed by atoms with Gasteiger partial charge in [0.15, 0.2) is 0 Å². The number of aryl methyl sites for hydroxylation is 1. The molecule has 0 fully saturated rings. The first kappa shape index (κ1) is 34.9. The Hall–Kier alpha value is -5.52. The predicted octanol–water partition coefficient (Wildman–Crippen LogP) is 11.8. The molecule has 0 aliphatic heterocycles. The topological polar surface area (TPSA) is 53.6 Å². The average Bonchev–Trinajstić information content (AvgIpc) is 3.69. The van der Waals surface area contributed by atoms with Gasteiger partial charge in [-0.25, -0.2) is 0 Å². The van der Waals surface area contributed by atoms with Gasteiger partial charge in [0.2, 0.25) is 0 Å². The molecule has 0 saturated carbocycles. The first-order valence-electron chi connectivity index (χ1n) is 18.7. The van der Waals surface area contributed by atoms with Crippen LogP contribution in [0.1, 0.15) is 51.2 Å². The number of fused-ring (bicyclic) bond motifs is 6. The number of aromatic hydroxyl groups is 2. The third-order valence-corrected chi connectivity index (χ3v) is 10.6. The highest BCUT2D eigenvalue weighted by Gasteiger charge is 2.17. The van der Waals surface area contributed by atoms with Crippen molar-refractivity contribution in [1.82, 2.24) is 14.0 Å². The predicted molar refractivity (Wildman–Crippen MR) is 219 cm³/mol. The van der Waals surface area contributed by atoms with E-state index in [-0.39, 0.29) is 0 Å².